The Morgan fingerprint density at radius 3 is 1.82 bits per heavy atom. The molecule has 0 radical (unpaired) electrons. The summed E-state index contributed by atoms with van der Waals surface area (Å²) in [4.78, 5) is 4.92. The minimum Gasteiger partial charge on any atom is -0.274 e. The van der Waals surface area contributed by atoms with E-state index in [4.69, 9.17) is 4.84 Å². The number of hydrogen-bond donors (Lipinski definition) is 1. The molecule has 11 heavy (non-hydrogen) atoms. The SMILES string of the molecule is CC.CC.CC1=CNOC1C. The highest BCUT2D eigenvalue weighted by Crippen LogP contribution is 2.07. The van der Waals surface area contributed by atoms with Crippen LogP contribution in [0.5, 0.6) is 0 Å². The van der Waals surface area contributed by atoms with Gasteiger partial charge in [-0.1, -0.05) is 27.7 Å². The molecule has 0 bridgehead atoms. The Bertz CT molecular complexity index is 99.7. The highest BCUT2D eigenvalue weighted by molar-refractivity contribution is 5.04. The Balaban J connectivity index is 0. The van der Waals surface area contributed by atoms with Gasteiger partial charge in [-0.3, -0.25) is 10.3 Å². The molecular formula is C9H21NO. The minimum absolute atomic E-state index is 0.264. The Kier molecular flexibility index (Phi) is 11.3. The van der Waals surface area contributed by atoms with Crippen LogP contribution in [0.1, 0.15) is 41.5 Å². The quantitative estimate of drug-likeness (QED) is 0.587. The van der Waals surface area contributed by atoms with Crippen molar-refractivity contribution in [2.75, 3.05) is 0 Å². The van der Waals surface area contributed by atoms with Crippen LogP contribution in [0.25, 0.3) is 0 Å². The molecule has 68 valence electrons. The summed E-state index contributed by atoms with van der Waals surface area (Å²) in [6.45, 7) is 12.0. The van der Waals surface area contributed by atoms with Crippen LogP contribution in [0.3, 0.4) is 0 Å². The summed E-state index contributed by atoms with van der Waals surface area (Å²) < 4.78 is 0. The molecule has 1 rings (SSSR count). The largest absolute Gasteiger partial charge is 0.274 e. The van der Waals surface area contributed by atoms with E-state index in [1.165, 1.54) is 5.57 Å². The zero-order valence-corrected chi connectivity index (χ0v) is 8.56. The molecule has 0 aromatic carbocycles. The second-order valence-corrected chi connectivity index (χ2v) is 1.77. The summed E-state index contributed by atoms with van der Waals surface area (Å²) in [6, 6.07) is 0. The normalized spacial score (nSPS) is 19.8. The molecule has 2 nitrogen and oxygen atoms in total. The fourth-order valence-corrected chi connectivity index (χ4v) is 0.439. The molecule has 0 aromatic rings. The van der Waals surface area contributed by atoms with E-state index in [0.29, 0.717) is 0 Å². The third kappa shape index (κ3) is 5.92. The fraction of sp³-hybridized carbons (Fsp3) is 0.778. The van der Waals surface area contributed by atoms with Crippen LogP contribution < -0.4 is 5.48 Å². The van der Waals surface area contributed by atoms with Crippen LogP contribution in [0, 0.1) is 0 Å². The summed E-state index contributed by atoms with van der Waals surface area (Å²) in [5.41, 5.74) is 3.91. The van der Waals surface area contributed by atoms with E-state index < -0.39 is 0 Å². The Morgan fingerprint density at radius 2 is 1.73 bits per heavy atom. The smallest absolute Gasteiger partial charge is 0.105 e. The van der Waals surface area contributed by atoms with Gasteiger partial charge in [0.1, 0.15) is 6.10 Å². The molecule has 0 saturated heterocycles. The van der Waals surface area contributed by atoms with Crippen molar-refractivity contribution >= 4 is 0 Å². The highest BCUT2D eigenvalue weighted by atomic mass is 16.7. The average Bonchev–Trinajstić information content (AvgIpc) is 2.44. The molecule has 1 atom stereocenters. The van der Waals surface area contributed by atoms with Crippen molar-refractivity contribution < 1.29 is 4.84 Å². The summed E-state index contributed by atoms with van der Waals surface area (Å²) >= 11 is 0. The van der Waals surface area contributed by atoms with E-state index in [-0.39, 0.29) is 6.10 Å². The molecule has 1 aliphatic heterocycles. The topological polar surface area (TPSA) is 21.3 Å². The van der Waals surface area contributed by atoms with Crippen molar-refractivity contribution in [1.82, 2.24) is 5.48 Å². The zero-order chi connectivity index (χ0) is 9.28. The van der Waals surface area contributed by atoms with Gasteiger partial charge in [0, 0.05) is 6.20 Å². The molecule has 2 heteroatoms. The van der Waals surface area contributed by atoms with E-state index in [0.717, 1.165) is 0 Å². The first-order valence-electron chi connectivity index (χ1n) is 4.38. The van der Waals surface area contributed by atoms with E-state index in [9.17, 15) is 0 Å². The zero-order valence-electron chi connectivity index (χ0n) is 8.56. The van der Waals surface area contributed by atoms with Crippen LogP contribution in [0.15, 0.2) is 11.8 Å². The maximum Gasteiger partial charge on any atom is 0.105 e. The third-order valence-corrected chi connectivity index (χ3v) is 1.17. The second-order valence-electron chi connectivity index (χ2n) is 1.77. The number of nitrogens with one attached hydrogen (secondary N) is 1. The molecule has 1 unspecified atom stereocenters. The maximum atomic E-state index is 4.92. The van der Waals surface area contributed by atoms with Gasteiger partial charge >= 0.3 is 0 Å². The first-order valence-corrected chi connectivity index (χ1v) is 4.38. The monoisotopic (exact) mass is 159 g/mol. The van der Waals surface area contributed by atoms with Crippen LogP contribution in [-0.2, 0) is 4.84 Å². The van der Waals surface area contributed by atoms with Gasteiger partial charge in [-0.05, 0) is 19.4 Å². The Morgan fingerprint density at radius 1 is 1.27 bits per heavy atom. The van der Waals surface area contributed by atoms with E-state index in [1.54, 1.807) is 0 Å². The third-order valence-electron chi connectivity index (χ3n) is 1.17. The molecule has 1 N–H and O–H groups in total. The van der Waals surface area contributed by atoms with Crippen LogP contribution in [0.2, 0.25) is 0 Å². The van der Waals surface area contributed by atoms with Gasteiger partial charge in [-0.2, -0.15) is 0 Å². The molecule has 0 spiro atoms. The minimum atomic E-state index is 0.264. The van der Waals surface area contributed by atoms with Gasteiger partial charge in [0.2, 0.25) is 0 Å². The lowest BCUT2D eigenvalue weighted by molar-refractivity contribution is 0.0543. The van der Waals surface area contributed by atoms with Crippen molar-refractivity contribution in [2.45, 2.75) is 47.6 Å². The van der Waals surface area contributed by atoms with Crippen LogP contribution >= 0.6 is 0 Å². The molecule has 0 fully saturated rings. The maximum absolute atomic E-state index is 4.92. The standard InChI is InChI=1S/C5H9NO.2C2H6/c1-4-3-6-7-5(4)2;2*1-2/h3,5-6H,1-2H3;2*1-2H3. The summed E-state index contributed by atoms with van der Waals surface area (Å²) in [5.74, 6) is 0. The summed E-state index contributed by atoms with van der Waals surface area (Å²) in [5, 5.41) is 0. The number of rotatable bonds is 0. The first-order chi connectivity index (χ1) is 5.30. The number of hydroxylamine groups is 1. The number of hydrogen-bond acceptors (Lipinski definition) is 2. The van der Waals surface area contributed by atoms with Crippen molar-refractivity contribution in [2.24, 2.45) is 0 Å². The van der Waals surface area contributed by atoms with E-state index >= 15 is 0 Å². The van der Waals surface area contributed by atoms with Gasteiger partial charge in [-0.25, -0.2) is 0 Å². The molecule has 0 aromatic heterocycles. The lowest BCUT2D eigenvalue weighted by Gasteiger charge is -1.98. The highest BCUT2D eigenvalue weighted by Gasteiger charge is 2.08. The van der Waals surface area contributed by atoms with Crippen molar-refractivity contribution in [3.05, 3.63) is 11.8 Å². The summed E-state index contributed by atoms with van der Waals surface area (Å²) in [6.07, 6.45) is 2.13. The Hall–Kier alpha value is -0.500. The molecule has 1 aliphatic rings. The van der Waals surface area contributed by atoms with Gasteiger partial charge in [0.05, 0.1) is 0 Å². The van der Waals surface area contributed by atoms with Crippen molar-refractivity contribution in [1.29, 1.82) is 0 Å². The molecule has 0 saturated carbocycles. The van der Waals surface area contributed by atoms with E-state index in [2.05, 4.69) is 5.48 Å². The average molecular weight is 159 g/mol. The molecule has 0 amide bonds. The van der Waals surface area contributed by atoms with Crippen molar-refractivity contribution in [3.63, 3.8) is 0 Å². The van der Waals surface area contributed by atoms with E-state index in [1.807, 2.05) is 47.7 Å². The summed E-state index contributed by atoms with van der Waals surface area (Å²) in [7, 11) is 0. The lowest BCUT2D eigenvalue weighted by atomic mass is 10.2. The predicted octanol–water partition coefficient (Wildman–Crippen LogP) is 2.87. The van der Waals surface area contributed by atoms with Crippen LogP contribution in [-0.4, -0.2) is 6.10 Å². The van der Waals surface area contributed by atoms with Crippen LogP contribution in [0.4, 0.5) is 0 Å². The fourth-order valence-electron chi connectivity index (χ4n) is 0.439. The van der Waals surface area contributed by atoms with Gasteiger partial charge < -0.3 is 0 Å². The van der Waals surface area contributed by atoms with Gasteiger partial charge in [0.15, 0.2) is 0 Å². The van der Waals surface area contributed by atoms with Gasteiger partial charge in [0.25, 0.3) is 0 Å². The lowest BCUT2D eigenvalue weighted by Crippen LogP contribution is -2.06. The van der Waals surface area contributed by atoms with Crippen molar-refractivity contribution in [3.8, 4) is 0 Å². The predicted molar refractivity (Wildman–Crippen MR) is 50.1 cm³/mol. The second kappa shape index (κ2) is 9.50. The molecule has 0 aliphatic carbocycles. The first kappa shape index (κ1) is 13.1. The Labute approximate surface area is 70.6 Å². The molecule has 1 heterocycles. The molecular weight excluding hydrogens is 138 g/mol. The van der Waals surface area contributed by atoms with Gasteiger partial charge in [-0.15, -0.1) is 0 Å².